The molecular formula is C20H24N4O2S. The van der Waals surface area contributed by atoms with Gasteiger partial charge >= 0.3 is 0 Å². The molecule has 0 radical (unpaired) electrons. The van der Waals surface area contributed by atoms with Crippen molar-refractivity contribution in [2.45, 2.75) is 62.1 Å². The van der Waals surface area contributed by atoms with Crippen LogP contribution in [0.2, 0.25) is 0 Å². The van der Waals surface area contributed by atoms with Crippen LogP contribution in [-0.2, 0) is 11.2 Å². The number of amides is 1. The highest BCUT2D eigenvalue weighted by Gasteiger charge is 2.33. The monoisotopic (exact) mass is 384 g/mol. The van der Waals surface area contributed by atoms with E-state index >= 15 is 0 Å². The van der Waals surface area contributed by atoms with Crippen molar-refractivity contribution in [1.82, 2.24) is 15.5 Å². The molecule has 142 valence electrons. The second-order valence-electron chi connectivity index (χ2n) is 7.07. The van der Waals surface area contributed by atoms with Crippen LogP contribution < -0.4 is 5.32 Å². The minimum atomic E-state index is -0.707. The molecule has 1 amide bonds. The number of benzene rings is 1. The van der Waals surface area contributed by atoms with Gasteiger partial charge in [-0.25, -0.2) is 0 Å². The van der Waals surface area contributed by atoms with Gasteiger partial charge in [-0.3, -0.25) is 4.79 Å². The van der Waals surface area contributed by atoms with E-state index < -0.39 is 5.54 Å². The molecule has 0 bridgehead atoms. The SMILES string of the molecule is CC(Cc1nnc(SCC(=O)NC2(C#N)CCCCC2)o1)c1ccccc1. The lowest BCUT2D eigenvalue weighted by molar-refractivity contribution is -0.120. The molecule has 7 heteroatoms. The van der Waals surface area contributed by atoms with E-state index in [1.807, 2.05) is 18.2 Å². The third kappa shape index (κ3) is 5.33. The summed E-state index contributed by atoms with van der Waals surface area (Å²) >= 11 is 1.21. The number of rotatable bonds is 7. The summed E-state index contributed by atoms with van der Waals surface area (Å²) in [4.78, 5) is 12.2. The van der Waals surface area contributed by atoms with Crippen LogP contribution >= 0.6 is 11.8 Å². The number of hydrogen-bond acceptors (Lipinski definition) is 6. The number of carbonyl (C=O) groups is 1. The molecule has 1 fully saturated rings. The molecule has 1 aromatic carbocycles. The third-order valence-electron chi connectivity index (χ3n) is 4.92. The van der Waals surface area contributed by atoms with E-state index in [0.717, 1.165) is 32.1 Å². The Kier molecular flexibility index (Phi) is 6.51. The molecule has 0 aliphatic heterocycles. The average molecular weight is 385 g/mol. The highest BCUT2D eigenvalue weighted by atomic mass is 32.2. The zero-order valence-corrected chi connectivity index (χ0v) is 16.3. The van der Waals surface area contributed by atoms with Gasteiger partial charge in [-0.1, -0.05) is 68.3 Å². The van der Waals surface area contributed by atoms with Crippen molar-refractivity contribution in [3.63, 3.8) is 0 Å². The quantitative estimate of drug-likeness (QED) is 0.729. The second kappa shape index (κ2) is 9.05. The van der Waals surface area contributed by atoms with E-state index in [9.17, 15) is 10.1 Å². The number of aromatic nitrogens is 2. The Morgan fingerprint density at radius 2 is 2.04 bits per heavy atom. The van der Waals surface area contributed by atoms with Crippen molar-refractivity contribution in [2.75, 3.05) is 5.75 Å². The van der Waals surface area contributed by atoms with Gasteiger partial charge in [0.25, 0.3) is 5.22 Å². The lowest BCUT2D eigenvalue weighted by Crippen LogP contribution is -2.49. The summed E-state index contributed by atoms with van der Waals surface area (Å²) < 4.78 is 5.66. The Hall–Kier alpha value is -2.33. The molecule has 1 aliphatic carbocycles. The molecule has 1 unspecified atom stereocenters. The number of nitrogens with zero attached hydrogens (tertiary/aromatic N) is 3. The van der Waals surface area contributed by atoms with Crippen molar-refractivity contribution >= 4 is 17.7 Å². The van der Waals surface area contributed by atoms with Crippen LogP contribution in [0.5, 0.6) is 0 Å². The first-order valence-corrected chi connectivity index (χ1v) is 10.3. The van der Waals surface area contributed by atoms with Gasteiger partial charge in [0, 0.05) is 6.42 Å². The smallest absolute Gasteiger partial charge is 0.277 e. The highest BCUT2D eigenvalue weighted by molar-refractivity contribution is 7.99. The fourth-order valence-corrected chi connectivity index (χ4v) is 3.97. The molecule has 27 heavy (non-hydrogen) atoms. The van der Waals surface area contributed by atoms with Gasteiger partial charge in [0.05, 0.1) is 11.8 Å². The maximum Gasteiger partial charge on any atom is 0.277 e. The highest BCUT2D eigenvalue weighted by Crippen LogP contribution is 2.28. The summed E-state index contributed by atoms with van der Waals surface area (Å²) in [6.07, 6.45) is 5.19. The maximum absolute atomic E-state index is 12.2. The first-order chi connectivity index (χ1) is 13.1. The summed E-state index contributed by atoms with van der Waals surface area (Å²) in [6, 6.07) is 12.5. The fraction of sp³-hybridized carbons (Fsp3) is 0.500. The molecule has 2 aromatic rings. The van der Waals surface area contributed by atoms with Crippen molar-refractivity contribution in [1.29, 1.82) is 5.26 Å². The zero-order valence-electron chi connectivity index (χ0n) is 15.5. The molecule has 1 aliphatic rings. The minimum Gasteiger partial charge on any atom is -0.416 e. The van der Waals surface area contributed by atoms with Gasteiger partial charge in [-0.05, 0) is 24.3 Å². The number of thioether (sulfide) groups is 1. The molecule has 1 heterocycles. The fourth-order valence-electron chi connectivity index (χ4n) is 3.39. The molecule has 0 saturated heterocycles. The Bertz CT molecular complexity index is 794. The van der Waals surface area contributed by atoms with E-state index in [2.05, 4.69) is 40.6 Å². The molecule has 1 N–H and O–H groups in total. The van der Waals surface area contributed by atoms with Gasteiger partial charge in [0.15, 0.2) is 0 Å². The van der Waals surface area contributed by atoms with E-state index in [4.69, 9.17) is 4.42 Å². The lowest BCUT2D eigenvalue weighted by atomic mass is 9.83. The number of hydrogen-bond donors (Lipinski definition) is 1. The minimum absolute atomic E-state index is 0.166. The number of nitrogens with one attached hydrogen (secondary N) is 1. The van der Waals surface area contributed by atoms with Gasteiger partial charge in [0.2, 0.25) is 11.8 Å². The average Bonchev–Trinajstić information content (AvgIpc) is 3.15. The van der Waals surface area contributed by atoms with E-state index in [-0.39, 0.29) is 17.6 Å². The molecule has 1 saturated carbocycles. The predicted molar refractivity (Wildman–Crippen MR) is 103 cm³/mol. The number of carbonyl (C=O) groups excluding carboxylic acids is 1. The Morgan fingerprint density at radius 3 is 2.74 bits per heavy atom. The first kappa shape index (κ1) is 19.4. The van der Waals surface area contributed by atoms with Gasteiger partial charge in [0.1, 0.15) is 5.54 Å². The van der Waals surface area contributed by atoms with Crippen LogP contribution in [0.4, 0.5) is 0 Å². The summed E-state index contributed by atoms with van der Waals surface area (Å²) in [5, 5.41) is 20.8. The Morgan fingerprint density at radius 1 is 1.30 bits per heavy atom. The molecule has 1 aromatic heterocycles. The molecule has 6 nitrogen and oxygen atoms in total. The van der Waals surface area contributed by atoms with Crippen molar-refractivity contribution < 1.29 is 9.21 Å². The van der Waals surface area contributed by atoms with Crippen LogP contribution in [0.15, 0.2) is 40.0 Å². The van der Waals surface area contributed by atoms with E-state index in [1.165, 1.54) is 17.3 Å². The Balaban J connectivity index is 1.49. The third-order valence-corrected chi connectivity index (χ3v) is 5.74. The Labute approximate surface area is 163 Å². The van der Waals surface area contributed by atoms with Crippen molar-refractivity contribution in [3.05, 3.63) is 41.8 Å². The summed E-state index contributed by atoms with van der Waals surface area (Å²) in [5.74, 6) is 0.838. The molecular weight excluding hydrogens is 360 g/mol. The van der Waals surface area contributed by atoms with Crippen LogP contribution in [0.1, 0.15) is 56.4 Å². The first-order valence-electron chi connectivity index (χ1n) is 9.33. The molecule has 3 rings (SSSR count). The van der Waals surface area contributed by atoms with Crippen LogP contribution in [0, 0.1) is 11.3 Å². The topological polar surface area (TPSA) is 91.8 Å². The maximum atomic E-state index is 12.2. The van der Waals surface area contributed by atoms with Gasteiger partial charge in [-0.15, -0.1) is 10.2 Å². The predicted octanol–water partition coefficient (Wildman–Crippen LogP) is 3.85. The van der Waals surface area contributed by atoms with Crippen LogP contribution in [0.25, 0.3) is 0 Å². The van der Waals surface area contributed by atoms with Crippen molar-refractivity contribution in [3.8, 4) is 6.07 Å². The zero-order chi connectivity index (χ0) is 19.1. The van der Waals surface area contributed by atoms with Crippen LogP contribution in [-0.4, -0.2) is 27.4 Å². The molecule has 1 atom stereocenters. The van der Waals surface area contributed by atoms with Crippen molar-refractivity contribution in [2.24, 2.45) is 0 Å². The number of nitriles is 1. The normalized spacial score (nSPS) is 17.0. The van der Waals surface area contributed by atoms with Gasteiger partial charge < -0.3 is 9.73 Å². The summed E-state index contributed by atoms with van der Waals surface area (Å²) in [5.41, 5.74) is 0.514. The van der Waals surface area contributed by atoms with Crippen LogP contribution in [0.3, 0.4) is 0 Å². The molecule has 0 spiro atoms. The lowest BCUT2D eigenvalue weighted by Gasteiger charge is -2.31. The summed E-state index contributed by atoms with van der Waals surface area (Å²) in [6.45, 7) is 2.12. The van der Waals surface area contributed by atoms with E-state index in [0.29, 0.717) is 17.5 Å². The standard InChI is InChI=1S/C20H24N4O2S/c1-15(16-8-4-2-5-9-16)12-18-23-24-19(26-18)27-13-17(25)22-20(14-21)10-6-3-7-11-20/h2,4-5,8-9,15H,3,6-7,10-13H2,1H3,(H,22,25). The largest absolute Gasteiger partial charge is 0.416 e. The van der Waals surface area contributed by atoms with E-state index in [1.54, 1.807) is 0 Å². The van der Waals surface area contributed by atoms with Gasteiger partial charge in [-0.2, -0.15) is 5.26 Å². The summed E-state index contributed by atoms with van der Waals surface area (Å²) in [7, 11) is 0. The second-order valence-corrected chi connectivity index (χ2v) is 8.00.